The summed E-state index contributed by atoms with van der Waals surface area (Å²) in [6, 6.07) is 4.77. The van der Waals surface area contributed by atoms with Crippen LogP contribution in [0.4, 0.5) is 5.69 Å². The molecule has 5 N–H and O–H groups in total. The molecule has 0 amide bonds. The van der Waals surface area contributed by atoms with Crippen molar-refractivity contribution in [3.63, 3.8) is 0 Å². The second kappa shape index (κ2) is 5.53. The number of rotatable bonds is 4. The Morgan fingerprint density at radius 3 is 2.81 bits per heavy atom. The van der Waals surface area contributed by atoms with Crippen LogP contribution in [0.5, 0.6) is 0 Å². The molecule has 0 aromatic heterocycles. The topological polar surface area (TPSA) is 120 Å². The molecule has 0 aliphatic carbocycles. The zero-order valence-corrected chi connectivity index (χ0v) is 12.1. The van der Waals surface area contributed by atoms with E-state index in [0.29, 0.717) is 17.0 Å². The number of hydrogen-bond donors (Lipinski definition) is 3. The third-order valence-corrected chi connectivity index (χ3v) is 3.41. The van der Waals surface area contributed by atoms with Crippen LogP contribution in [0, 0.1) is 17.0 Å². The predicted octanol–water partition coefficient (Wildman–Crippen LogP) is 1.62. The Morgan fingerprint density at radius 2 is 2.19 bits per heavy atom. The van der Waals surface area contributed by atoms with E-state index in [0.717, 1.165) is 18.5 Å². The zero-order valence-electron chi connectivity index (χ0n) is 12.1. The van der Waals surface area contributed by atoms with Crippen LogP contribution in [-0.4, -0.2) is 10.8 Å². The molecular weight excluding hydrogens is 270 g/mol. The van der Waals surface area contributed by atoms with Crippen LogP contribution < -0.4 is 16.8 Å². The van der Waals surface area contributed by atoms with Gasteiger partial charge in [-0.05, 0) is 19.4 Å². The van der Waals surface area contributed by atoms with E-state index in [9.17, 15) is 10.1 Å². The molecule has 0 saturated heterocycles. The number of nitro benzene ring substituents is 1. The number of nitrogens with two attached hydrogens (primary N) is 2. The fourth-order valence-electron chi connectivity index (χ4n) is 2.49. The number of nitrogens with zero attached hydrogens (tertiary/aromatic N) is 2. The van der Waals surface area contributed by atoms with Gasteiger partial charge in [-0.25, -0.2) is 4.99 Å². The maximum Gasteiger partial charge on any atom is 0.272 e. The number of allylic oxidation sites excluding steroid dienone is 1. The zero-order chi connectivity index (χ0) is 15.6. The van der Waals surface area contributed by atoms with Crippen LogP contribution in [-0.2, 0) is 5.79 Å². The minimum atomic E-state index is -1.28. The van der Waals surface area contributed by atoms with Crippen molar-refractivity contribution in [2.24, 2.45) is 16.5 Å². The Kier molecular flexibility index (Phi) is 3.95. The van der Waals surface area contributed by atoms with Gasteiger partial charge in [0.25, 0.3) is 5.69 Å². The van der Waals surface area contributed by atoms with Crippen LogP contribution in [0.25, 0.3) is 0 Å². The van der Waals surface area contributed by atoms with Gasteiger partial charge in [-0.15, -0.1) is 0 Å². The summed E-state index contributed by atoms with van der Waals surface area (Å²) in [4.78, 5) is 14.9. The van der Waals surface area contributed by atoms with Gasteiger partial charge in [0.1, 0.15) is 5.84 Å². The highest BCUT2D eigenvalue weighted by molar-refractivity contribution is 5.93. The smallest absolute Gasteiger partial charge is 0.272 e. The van der Waals surface area contributed by atoms with Gasteiger partial charge in [0.15, 0.2) is 0 Å². The molecule has 0 bridgehead atoms. The molecule has 1 unspecified atom stereocenters. The molecule has 112 valence electrons. The molecule has 1 heterocycles. The fourth-order valence-corrected chi connectivity index (χ4v) is 2.49. The minimum absolute atomic E-state index is 0.0134. The molecule has 1 aliphatic rings. The van der Waals surface area contributed by atoms with Crippen LogP contribution >= 0.6 is 0 Å². The minimum Gasteiger partial charge on any atom is -0.384 e. The van der Waals surface area contributed by atoms with Gasteiger partial charge in [-0.2, -0.15) is 0 Å². The molecule has 7 heteroatoms. The average molecular weight is 289 g/mol. The van der Waals surface area contributed by atoms with E-state index >= 15 is 0 Å². The molecule has 1 aromatic carbocycles. The molecule has 0 spiro atoms. The summed E-state index contributed by atoms with van der Waals surface area (Å²) in [7, 11) is 0. The maximum atomic E-state index is 11.1. The summed E-state index contributed by atoms with van der Waals surface area (Å²) in [5, 5.41) is 14.2. The Balaban J connectivity index is 2.49. The second-order valence-electron chi connectivity index (χ2n) is 5.05. The maximum absolute atomic E-state index is 11.1. The van der Waals surface area contributed by atoms with Crippen molar-refractivity contribution in [2.75, 3.05) is 0 Å². The van der Waals surface area contributed by atoms with Crippen LogP contribution in [0.1, 0.15) is 30.9 Å². The molecule has 7 nitrogen and oxygen atoms in total. The van der Waals surface area contributed by atoms with Crippen molar-refractivity contribution < 1.29 is 4.92 Å². The summed E-state index contributed by atoms with van der Waals surface area (Å²) in [5.41, 5.74) is 14.1. The SMILES string of the molecule is CCCC1=CC(N)=NC(N)(c2cccc([N+](=O)[O-])c2C)N1. The summed E-state index contributed by atoms with van der Waals surface area (Å²) in [6.45, 7) is 3.70. The van der Waals surface area contributed by atoms with Crippen LogP contribution in [0.2, 0.25) is 0 Å². The van der Waals surface area contributed by atoms with Gasteiger partial charge in [0.05, 0.1) is 4.92 Å². The average Bonchev–Trinajstić information content (AvgIpc) is 2.37. The van der Waals surface area contributed by atoms with Gasteiger partial charge < -0.3 is 11.1 Å². The first-order chi connectivity index (χ1) is 9.87. The Hall–Kier alpha value is -2.41. The number of hydrogen-bond acceptors (Lipinski definition) is 6. The highest BCUT2D eigenvalue weighted by Gasteiger charge is 2.33. The lowest BCUT2D eigenvalue weighted by molar-refractivity contribution is -0.385. The number of nitro groups is 1. The largest absolute Gasteiger partial charge is 0.384 e. The molecule has 1 atom stereocenters. The van der Waals surface area contributed by atoms with Crippen molar-refractivity contribution in [3.05, 3.63) is 51.2 Å². The number of nitrogens with one attached hydrogen (secondary N) is 1. The third-order valence-electron chi connectivity index (χ3n) is 3.41. The Morgan fingerprint density at radius 1 is 1.48 bits per heavy atom. The molecule has 0 saturated carbocycles. The van der Waals surface area contributed by atoms with Gasteiger partial charge in [0, 0.05) is 22.9 Å². The molecular formula is C14H19N5O2. The molecule has 1 aromatic rings. The van der Waals surface area contributed by atoms with Gasteiger partial charge in [0.2, 0.25) is 5.79 Å². The molecule has 2 rings (SSSR count). The first kappa shape index (κ1) is 15.0. The lowest BCUT2D eigenvalue weighted by atomic mass is 9.99. The Bertz CT molecular complexity index is 638. The number of benzene rings is 1. The van der Waals surface area contributed by atoms with Gasteiger partial charge in [-0.1, -0.05) is 25.5 Å². The van der Waals surface area contributed by atoms with Crippen molar-refractivity contribution in [2.45, 2.75) is 32.5 Å². The first-order valence-electron chi connectivity index (χ1n) is 6.75. The second-order valence-corrected chi connectivity index (χ2v) is 5.05. The quantitative estimate of drug-likeness (QED) is 0.574. The lowest BCUT2D eigenvalue weighted by Gasteiger charge is -2.33. The number of aliphatic imine (C=N–C) groups is 1. The van der Waals surface area contributed by atoms with Gasteiger partial charge in [-0.3, -0.25) is 15.8 Å². The van der Waals surface area contributed by atoms with E-state index in [1.54, 1.807) is 25.1 Å². The highest BCUT2D eigenvalue weighted by Crippen LogP contribution is 2.30. The van der Waals surface area contributed by atoms with E-state index in [1.807, 2.05) is 6.92 Å². The highest BCUT2D eigenvalue weighted by atomic mass is 16.6. The lowest BCUT2D eigenvalue weighted by Crippen LogP contribution is -2.52. The summed E-state index contributed by atoms with van der Waals surface area (Å²) < 4.78 is 0. The summed E-state index contributed by atoms with van der Waals surface area (Å²) in [6.07, 6.45) is 3.44. The predicted molar refractivity (Wildman–Crippen MR) is 81.4 cm³/mol. The first-order valence-corrected chi connectivity index (χ1v) is 6.75. The fraction of sp³-hybridized carbons (Fsp3) is 0.357. The Labute approximate surface area is 122 Å². The molecule has 1 aliphatic heterocycles. The summed E-state index contributed by atoms with van der Waals surface area (Å²) in [5.74, 6) is -0.968. The van der Waals surface area contributed by atoms with E-state index in [2.05, 4.69) is 10.3 Å². The molecule has 21 heavy (non-hydrogen) atoms. The summed E-state index contributed by atoms with van der Waals surface area (Å²) >= 11 is 0. The third kappa shape index (κ3) is 2.87. The van der Waals surface area contributed by atoms with Gasteiger partial charge >= 0.3 is 0 Å². The van der Waals surface area contributed by atoms with E-state index < -0.39 is 10.7 Å². The van der Waals surface area contributed by atoms with Crippen molar-refractivity contribution in [1.29, 1.82) is 0 Å². The van der Waals surface area contributed by atoms with Crippen LogP contribution in [0.15, 0.2) is 35.0 Å². The van der Waals surface area contributed by atoms with E-state index in [-0.39, 0.29) is 5.69 Å². The standard InChI is InChI=1S/C14H19N5O2/c1-3-5-10-8-13(15)18-14(16,17-10)11-6-4-7-12(9(11)2)19(20)21/h4,6-8,17H,3,5,16H2,1-2H3,(H2,15,18). The van der Waals surface area contributed by atoms with Crippen molar-refractivity contribution in [1.82, 2.24) is 5.32 Å². The van der Waals surface area contributed by atoms with Crippen LogP contribution in [0.3, 0.4) is 0 Å². The van der Waals surface area contributed by atoms with E-state index in [1.165, 1.54) is 6.07 Å². The van der Waals surface area contributed by atoms with E-state index in [4.69, 9.17) is 11.5 Å². The molecule has 0 fully saturated rings. The molecule has 0 radical (unpaired) electrons. The monoisotopic (exact) mass is 289 g/mol. The number of amidine groups is 1. The van der Waals surface area contributed by atoms with Crippen molar-refractivity contribution >= 4 is 11.5 Å². The van der Waals surface area contributed by atoms with Crippen molar-refractivity contribution in [3.8, 4) is 0 Å². The normalized spacial score (nSPS) is 21.3.